The van der Waals surface area contributed by atoms with Gasteiger partial charge in [0, 0.05) is 5.41 Å². The number of nitriles is 1. The largest absolute Gasteiger partial charge is 0.293 e. The van der Waals surface area contributed by atoms with Crippen molar-refractivity contribution in [3.05, 3.63) is 83.9 Å². The van der Waals surface area contributed by atoms with E-state index in [1.54, 1.807) is 13.0 Å². The summed E-state index contributed by atoms with van der Waals surface area (Å²) in [6.45, 7) is 1.74. The first-order valence-corrected chi connectivity index (χ1v) is 7.37. The molecule has 0 heterocycles. The van der Waals surface area contributed by atoms with Crippen LogP contribution < -0.4 is 0 Å². The molecule has 1 aliphatic carbocycles. The molecule has 22 heavy (non-hydrogen) atoms. The summed E-state index contributed by atoms with van der Waals surface area (Å²) in [7, 11) is 0. The third kappa shape index (κ3) is 2.16. The normalized spacial score (nSPS) is 23.0. The molecule has 0 amide bonds. The first-order valence-electron chi connectivity index (χ1n) is 7.37. The molecule has 0 radical (unpaired) electrons. The van der Waals surface area contributed by atoms with Crippen molar-refractivity contribution >= 4 is 5.78 Å². The summed E-state index contributed by atoms with van der Waals surface area (Å²) in [5.41, 5.74) is 0.763. The van der Waals surface area contributed by atoms with Gasteiger partial charge in [-0.15, -0.1) is 0 Å². The molecule has 0 N–H and O–H groups in total. The minimum Gasteiger partial charge on any atom is -0.293 e. The lowest BCUT2D eigenvalue weighted by atomic mass is 9.61. The van der Waals surface area contributed by atoms with Crippen LogP contribution in [-0.4, -0.2) is 5.78 Å². The predicted octanol–water partition coefficient (Wildman–Crippen LogP) is 4.03. The smallest absolute Gasteiger partial charge is 0.175 e. The minimum atomic E-state index is -1.000. The molecule has 2 heteroatoms. The van der Waals surface area contributed by atoms with Gasteiger partial charge in [-0.05, 0) is 30.5 Å². The molecule has 1 unspecified atom stereocenters. The van der Waals surface area contributed by atoms with Crippen LogP contribution in [0.1, 0.15) is 24.5 Å². The Labute approximate surface area is 130 Å². The molecule has 0 spiro atoms. The standard InChI is InChI=1S/C20H17NO/c1-19(15-21)14-20(13-12-18(19)22,16-8-4-2-5-9-16)17-10-6-3-7-11-17/h2-13H,14H2,1H3. The zero-order valence-electron chi connectivity index (χ0n) is 12.5. The molecule has 0 aromatic heterocycles. The van der Waals surface area contributed by atoms with E-state index in [9.17, 15) is 10.1 Å². The predicted molar refractivity (Wildman–Crippen MR) is 86.1 cm³/mol. The average Bonchev–Trinajstić information content (AvgIpc) is 2.59. The Morgan fingerprint density at radius 1 is 0.955 bits per heavy atom. The van der Waals surface area contributed by atoms with Crippen LogP contribution in [0, 0.1) is 16.7 Å². The van der Waals surface area contributed by atoms with Crippen LogP contribution in [0.3, 0.4) is 0 Å². The van der Waals surface area contributed by atoms with Crippen molar-refractivity contribution in [2.24, 2.45) is 5.41 Å². The monoisotopic (exact) mass is 287 g/mol. The van der Waals surface area contributed by atoms with E-state index >= 15 is 0 Å². The molecule has 2 nitrogen and oxygen atoms in total. The minimum absolute atomic E-state index is 0.113. The molecular weight excluding hydrogens is 270 g/mol. The summed E-state index contributed by atoms with van der Waals surface area (Å²) in [5, 5.41) is 9.54. The SMILES string of the molecule is CC1(C#N)CC(c2ccccc2)(c2ccccc2)C=CC1=O. The number of carbonyl (C=O) groups is 1. The molecule has 0 saturated carbocycles. The molecule has 0 bridgehead atoms. The van der Waals surface area contributed by atoms with E-state index in [2.05, 4.69) is 30.3 Å². The van der Waals surface area contributed by atoms with Crippen molar-refractivity contribution in [1.82, 2.24) is 0 Å². The summed E-state index contributed by atoms with van der Waals surface area (Å²) in [6.07, 6.45) is 3.99. The zero-order valence-corrected chi connectivity index (χ0v) is 12.5. The Hall–Kier alpha value is -2.66. The Kier molecular flexibility index (Phi) is 3.42. The first kappa shape index (κ1) is 14.3. The fourth-order valence-electron chi connectivity index (χ4n) is 3.23. The van der Waals surface area contributed by atoms with Crippen LogP contribution >= 0.6 is 0 Å². The second kappa shape index (κ2) is 5.27. The Bertz CT molecular complexity index is 716. The highest BCUT2D eigenvalue weighted by Gasteiger charge is 2.46. The Morgan fingerprint density at radius 2 is 1.45 bits per heavy atom. The number of carbonyl (C=O) groups excluding carboxylic acids is 1. The topological polar surface area (TPSA) is 40.9 Å². The van der Waals surface area contributed by atoms with Crippen molar-refractivity contribution < 1.29 is 4.79 Å². The van der Waals surface area contributed by atoms with E-state index < -0.39 is 10.8 Å². The molecule has 108 valence electrons. The Morgan fingerprint density at radius 3 is 1.91 bits per heavy atom. The molecule has 1 atom stereocenters. The van der Waals surface area contributed by atoms with Gasteiger partial charge in [0.25, 0.3) is 0 Å². The second-order valence-corrected chi connectivity index (χ2v) is 6.02. The number of allylic oxidation sites excluding steroid dienone is 2. The van der Waals surface area contributed by atoms with Crippen molar-refractivity contribution in [3.8, 4) is 6.07 Å². The summed E-state index contributed by atoms with van der Waals surface area (Å²) in [4.78, 5) is 12.2. The third-order valence-corrected chi connectivity index (χ3v) is 4.52. The van der Waals surface area contributed by atoms with Crippen LogP contribution in [0.2, 0.25) is 0 Å². The highest BCUT2D eigenvalue weighted by molar-refractivity contribution is 5.98. The van der Waals surface area contributed by atoms with Gasteiger partial charge in [-0.3, -0.25) is 4.79 Å². The van der Waals surface area contributed by atoms with E-state index in [4.69, 9.17) is 0 Å². The molecule has 1 aliphatic rings. The van der Waals surface area contributed by atoms with E-state index in [0.29, 0.717) is 6.42 Å². The van der Waals surface area contributed by atoms with Gasteiger partial charge in [0.1, 0.15) is 5.41 Å². The number of hydrogen-bond donors (Lipinski definition) is 0. The van der Waals surface area contributed by atoms with Crippen LogP contribution in [0.15, 0.2) is 72.8 Å². The van der Waals surface area contributed by atoms with Crippen LogP contribution in [0.5, 0.6) is 0 Å². The van der Waals surface area contributed by atoms with Gasteiger partial charge in [0.15, 0.2) is 5.78 Å². The lowest BCUT2D eigenvalue weighted by molar-refractivity contribution is -0.121. The molecule has 2 aromatic rings. The van der Waals surface area contributed by atoms with Crippen molar-refractivity contribution in [1.29, 1.82) is 5.26 Å². The summed E-state index contributed by atoms with van der Waals surface area (Å²) in [6, 6.07) is 22.4. The van der Waals surface area contributed by atoms with E-state index in [-0.39, 0.29) is 5.78 Å². The number of ketones is 1. The van der Waals surface area contributed by atoms with E-state index in [1.807, 2.05) is 42.5 Å². The highest BCUT2D eigenvalue weighted by atomic mass is 16.1. The quantitative estimate of drug-likeness (QED) is 0.836. The first-order chi connectivity index (χ1) is 10.6. The van der Waals surface area contributed by atoms with Crippen molar-refractivity contribution in [3.63, 3.8) is 0 Å². The average molecular weight is 287 g/mol. The molecule has 0 saturated heterocycles. The van der Waals surface area contributed by atoms with Gasteiger partial charge in [-0.2, -0.15) is 5.26 Å². The lowest BCUT2D eigenvalue weighted by Crippen LogP contribution is -2.40. The molecule has 0 fully saturated rings. The fourth-order valence-corrected chi connectivity index (χ4v) is 3.23. The number of rotatable bonds is 2. The van der Waals surface area contributed by atoms with Gasteiger partial charge in [-0.1, -0.05) is 66.7 Å². The fraction of sp³-hybridized carbons (Fsp3) is 0.200. The second-order valence-electron chi connectivity index (χ2n) is 6.02. The van der Waals surface area contributed by atoms with Crippen LogP contribution in [-0.2, 0) is 10.2 Å². The van der Waals surface area contributed by atoms with Gasteiger partial charge in [0.05, 0.1) is 6.07 Å². The van der Waals surface area contributed by atoms with Crippen molar-refractivity contribution in [2.45, 2.75) is 18.8 Å². The Balaban J connectivity index is 2.25. The number of hydrogen-bond acceptors (Lipinski definition) is 2. The summed E-state index contributed by atoms with van der Waals surface area (Å²) >= 11 is 0. The molecular formula is C20H17NO. The maximum absolute atomic E-state index is 12.2. The molecule has 3 rings (SSSR count). The van der Waals surface area contributed by atoms with Gasteiger partial charge < -0.3 is 0 Å². The summed E-state index contributed by atoms with van der Waals surface area (Å²) in [5.74, 6) is -0.113. The van der Waals surface area contributed by atoms with Gasteiger partial charge in [0.2, 0.25) is 0 Å². The number of benzene rings is 2. The zero-order chi connectivity index (χ0) is 15.6. The summed E-state index contributed by atoms with van der Waals surface area (Å²) < 4.78 is 0. The van der Waals surface area contributed by atoms with E-state index in [1.165, 1.54) is 0 Å². The maximum atomic E-state index is 12.2. The van der Waals surface area contributed by atoms with Gasteiger partial charge in [-0.25, -0.2) is 0 Å². The number of nitrogens with zero attached hydrogens (tertiary/aromatic N) is 1. The van der Waals surface area contributed by atoms with E-state index in [0.717, 1.165) is 11.1 Å². The maximum Gasteiger partial charge on any atom is 0.175 e. The van der Waals surface area contributed by atoms with Gasteiger partial charge >= 0.3 is 0 Å². The van der Waals surface area contributed by atoms with Crippen LogP contribution in [0.25, 0.3) is 0 Å². The molecule has 2 aromatic carbocycles. The highest BCUT2D eigenvalue weighted by Crippen LogP contribution is 2.46. The third-order valence-electron chi connectivity index (χ3n) is 4.52. The van der Waals surface area contributed by atoms with Crippen molar-refractivity contribution in [2.75, 3.05) is 0 Å². The van der Waals surface area contributed by atoms with Crippen LogP contribution in [0.4, 0.5) is 0 Å². The molecule has 0 aliphatic heterocycles. The lowest BCUT2D eigenvalue weighted by Gasteiger charge is -2.39.